The summed E-state index contributed by atoms with van der Waals surface area (Å²) in [6.07, 6.45) is 15.0. The Morgan fingerprint density at radius 2 is 1.48 bits per heavy atom. The minimum Gasteiger partial charge on any atom is -0.303 e. The maximum absolute atomic E-state index is 11.9. The molecule has 2 nitrogen and oxygen atoms in total. The Kier molecular flexibility index (Phi) is 12.5. The van der Waals surface area contributed by atoms with E-state index in [0.29, 0.717) is 5.78 Å². The first-order chi connectivity index (χ1) is 12.0. The topological polar surface area (TPSA) is 20.3 Å². The Hall–Kier alpha value is -0.370. The van der Waals surface area contributed by atoms with Gasteiger partial charge < -0.3 is 4.90 Å². The zero-order valence-corrected chi connectivity index (χ0v) is 17.7. The molecule has 0 aliphatic carbocycles. The molecule has 1 aliphatic heterocycles. The number of carbonyl (C=O) groups excluding carboxylic acids is 1. The van der Waals surface area contributed by atoms with E-state index >= 15 is 0 Å². The highest BCUT2D eigenvalue weighted by molar-refractivity contribution is 5.80. The largest absolute Gasteiger partial charge is 0.303 e. The Morgan fingerprint density at radius 3 is 2.04 bits per heavy atom. The van der Waals surface area contributed by atoms with E-state index in [2.05, 4.69) is 32.6 Å². The van der Waals surface area contributed by atoms with Crippen LogP contribution in [-0.4, -0.2) is 30.3 Å². The zero-order valence-electron chi connectivity index (χ0n) is 17.7. The molecule has 1 rings (SSSR count). The summed E-state index contributed by atoms with van der Waals surface area (Å²) in [5, 5.41) is 0. The highest BCUT2D eigenvalue weighted by Crippen LogP contribution is 2.24. The standard InChI is InChI=1S/C23H45NO/c1-5-13-21(4)23(25)14-11-9-7-6-8-10-12-17-24-18-15-22(16-19-24)20(2)3/h20-22H,5-19H2,1-4H3. The van der Waals surface area contributed by atoms with Crippen molar-refractivity contribution in [1.82, 2.24) is 4.90 Å². The number of nitrogens with zero attached hydrogens (tertiary/aromatic N) is 1. The van der Waals surface area contributed by atoms with Crippen LogP contribution in [0.25, 0.3) is 0 Å². The summed E-state index contributed by atoms with van der Waals surface area (Å²) in [7, 11) is 0. The molecule has 0 amide bonds. The lowest BCUT2D eigenvalue weighted by molar-refractivity contribution is -0.122. The van der Waals surface area contributed by atoms with Crippen LogP contribution in [0.1, 0.15) is 105 Å². The van der Waals surface area contributed by atoms with Crippen molar-refractivity contribution in [2.24, 2.45) is 17.8 Å². The van der Waals surface area contributed by atoms with Crippen LogP contribution in [0.4, 0.5) is 0 Å². The van der Waals surface area contributed by atoms with E-state index in [4.69, 9.17) is 0 Å². The number of hydrogen-bond acceptors (Lipinski definition) is 2. The molecule has 0 N–H and O–H groups in total. The van der Waals surface area contributed by atoms with E-state index in [1.54, 1.807) is 0 Å². The second-order valence-electron chi connectivity index (χ2n) is 8.80. The number of ketones is 1. The Bertz CT molecular complexity index is 331. The average Bonchev–Trinajstić information content (AvgIpc) is 2.60. The molecule has 1 atom stereocenters. The second-order valence-corrected chi connectivity index (χ2v) is 8.80. The van der Waals surface area contributed by atoms with Gasteiger partial charge in [0.1, 0.15) is 5.78 Å². The summed E-state index contributed by atoms with van der Waals surface area (Å²) in [6, 6.07) is 0. The van der Waals surface area contributed by atoms with Gasteiger partial charge in [-0.05, 0) is 63.6 Å². The van der Waals surface area contributed by atoms with Gasteiger partial charge in [0.2, 0.25) is 0 Å². The van der Waals surface area contributed by atoms with Crippen LogP contribution in [0.2, 0.25) is 0 Å². The zero-order chi connectivity index (χ0) is 18.5. The maximum Gasteiger partial charge on any atom is 0.135 e. The van der Waals surface area contributed by atoms with Gasteiger partial charge in [0, 0.05) is 12.3 Å². The fourth-order valence-corrected chi connectivity index (χ4v) is 4.20. The lowest BCUT2D eigenvalue weighted by Gasteiger charge is -2.33. The molecule has 1 unspecified atom stereocenters. The Morgan fingerprint density at radius 1 is 0.920 bits per heavy atom. The van der Waals surface area contributed by atoms with E-state index in [1.807, 2.05) is 0 Å². The third-order valence-electron chi connectivity index (χ3n) is 6.24. The van der Waals surface area contributed by atoms with Gasteiger partial charge in [-0.1, -0.05) is 66.2 Å². The fraction of sp³-hybridized carbons (Fsp3) is 0.957. The number of piperidine rings is 1. The van der Waals surface area contributed by atoms with E-state index in [1.165, 1.54) is 71.0 Å². The number of rotatable bonds is 14. The fourth-order valence-electron chi connectivity index (χ4n) is 4.20. The lowest BCUT2D eigenvalue weighted by Crippen LogP contribution is -2.35. The predicted octanol–water partition coefficient (Wildman–Crippen LogP) is 6.48. The van der Waals surface area contributed by atoms with Gasteiger partial charge in [-0.25, -0.2) is 0 Å². The normalized spacial score (nSPS) is 18.0. The summed E-state index contributed by atoms with van der Waals surface area (Å²) in [5.41, 5.74) is 0. The molecule has 1 saturated heterocycles. The van der Waals surface area contributed by atoms with Crippen molar-refractivity contribution in [2.75, 3.05) is 19.6 Å². The van der Waals surface area contributed by atoms with Crippen LogP contribution in [-0.2, 0) is 4.79 Å². The van der Waals surface area contributed by atoms with Crippen molar-refractivity contribution in [2.45, 2.75) is 105 Å². The van der Waals surface area contributed by atoms with Crippen LogP contribution in [0.5, 0.6) is 0 Å². The third-order valence-corrected chi connectivity index (χ3v) is 6.24. The molecule has 0 spiro atoms. The van der Waals surface area contributed by atoms with E-state index in [0.717, 1.165) is 37.5 Å². The van der Waals surface area contributed by atoms with E-state index < -0.39 is 0 Å². The molecule has 1 aliphatic rings. The molecule has 0 bridgehead atoms. The highest BCUT2D eigenvalue weighted by atomic mass is 16.1. The van der Waals surface area contributed by atoms with Crippen LogP contribution in [0.3, 0.4) is 0 Å². The molecule has 1 fully saturated rings. The van der Waals surface area contributed by atoms with Gasteiger partial charge in [-0.15, -0.1) is 0 Å². The van der Waals surface area contributed by atoms with Gasteiger partial charge in [0.05, 0.1) is 0 Å². The number of likely N-dealkylation sites (tertiary alicyclic amines) is 1. The van der Waals surface area contributed by atoms with Gasteiger partial charge in [0.25, 0.3) is 0 Å². The highest BCUT2D eigenvalue weighted by Gasteiger charge is 2.20. The smallest absolute Gasteiger partial charge is 0.135 e. The molecule has 0 radical (unpaired) electrons. The van der Waals surface area contributed by atoms with Crippen molar-refractivity contribution in [3.63, 3.8) is 0 Å². The quantitative estimate of drug-likeness (QED) is 0.334. The number of Topliss-reactive ketones (excluding diaryl/α,β-unsaturated/α-hetero) is 1. The molecule has 148 valence electrons. The van der Waals surface area contributed by atoms with Crippen LogP contribution in [0, 0.1) is 17.8 Å². The second kappa shape index (κ2) is 13.8. The molecule has 0 aromatic carbocycles. The van der Waals surface area contributed by atoms with Crippen molar-refractivity contribution in [3.05, 3.63) is 0 Å². The van der Waals surface area contributed by atoms with Crippen LogP contribution < -0.4 is 0 Å². The number of hydrogen-bond donors (Lipinski definition) is 0. The van der Waals surface area contributed by atoms with Crippen molar-refractivity contribution >= 4 is 5.78 Å². The summed E-state index contributed by atoms with van der Waals surface area (Å²) in [6.45, 7) is 13.0. The number of unbranched alkanes of at least 4 members (excludes halogenated alkanes) is 6. The van der Waals surface area contributed by atoms with Gasteiger partial charge >= 0.3 is 0 Å². The Balaban J connectivity index is 1.87. The van der Waals surface area contributed by atoms with Gasteiger partial charge in [-0.2, -0.15) is 0 Å². The average molecular weight is 352 g/mol. The Labute approximate surface area is 158 Å². The SMILES string of the molecule is CCCC(C)C(=O)CCCCCCCCCN1CCC(C(C)C)CC1. The first kappa shape index (κ1) is 22.7. The summed E-state index contributed by atoms with van der Waals surface area (Å²) < 4.78 is 0. The van der Waals surface area contributed by atoms with E-state index in [-0.39, 0.29) is 5.92 Å². The molecule has 25 heavy (non-hydrogen) atoms. The van der Waals surface area contributed by atoms with Crippen molar-refractivity contribution in [1.29, 1.82) is 0 Å². The minimum atomic E-state index is 0.288. The van der Waals surface area contributed by atoms with Crippen LogP contribution >= 0.6 is 0 Å². The van der Waals surface area contributed by atoms with Crippen molar-refractivity contribution in [3.8, 4) is 0 Å². The van der Waals surface area contributed by atoms with E-state index in [9.17, 15) is 4.79 Å². The van der Waals surface area contributed by atoms with Gasteiger partial charge in [0.15, 0.2) is 0 Å². The summed E-state index contributed by atoms with van der Waals surface area (Å²) >= 11 is 0. The van der Waals surface area contributed by atoms with Gasteiger partial charge in [-0.3, -0.25) is 4.79 Å². The molecule has 0 saturated carbocycles. The molecular formula is C23H45NO. The molecule has 0 aromatic rings. The monoisotopic (exact) mass is 351 g/mol. The summed E-state index contributed by atoms with van der Waals surface area (Å²) in [4.78, 5) is 14.6. The molecule has 2 heteroatoms. The van der Waals surface area contributed by atoms with Crippen LogP contribution in [0.15, 0.2) is 0 Å². The first-order valence-corrected chi connectivity index (χ1v) is 11.3. The predicted molar refractivity (Wildman–Crippen MR) is 110 cm³/mol. The van der Waals surface area contributed by atoms with Crippen molar-refractivity contribution < 1.29 is 4.79 Å². The summed E-state index contributed by atoms with van der Waals surface area (Å²) in [5.74, 6) is 2.61. The first-order valence-electron chi connectivity index (χ1n) is 11.3. The molecule has 0 aromatic heterocycles. The molecular weight excluding hydrogens is 306 g/mol. The lowest BCUT2D eigenvalue weighted by atomic mass is 9.87. The minimum absolute atomic E-state index is 0.288. The number of carbonyl (C=O) groups is 1. The molecule has 1 heterocycles. The maximum atomic E-state index is 11.9. The third kappa shape index (κ3) is 10.4.